The lowest BCUT2D eigenvalue weighted by Crippen LogP contribution is -2.19. The molecule has 0 saturated heterocycles. The highest BCUT2D eigenvalue weighted by atomic mass is 32.2. The third kappa shape index (κ3) is 6.84. The SMILES string of the molecule is O=C1C=CC(=O)N1.O=S(O)O. The Morgan fingerprint density at radius 3 is 1.55 bits per heavy atom. The smallest absolute Gasteiger partial charge is 0.289 e. The van der Waals surface area contributed by atoms with Crippen LogP contribution in [0.4, 0.5) is 0 Å². The Balaban J connectivity index is 0.000000218. The van der Waals surface area contributed by atoms with Crippen LogP contribution in [0.5, 0.6) is 0 Å². The van der Waals surface area contributed by atoms with E-state index in [-0.39, 0.29) is 11.8 Å². The molecule has 6 nitrogen and oxygen atoms in total. The lowest BCUT2D eigenvalue weighted by molar-refractivity contribution is -0.123. The topological polar surface area (TPSA) is 104 Å². The van der Waals surface area contributed by atoms with E-state index in [0.717, 1.165) is 0 Å². The molecule has 11 heavy (non-hydrogen) atoms. The fourth-order valence-electron chi connectivity index (χ4n) is 0.356. The van der Waals surface area contributed by atoms with Crippen molar-refractivity contribution in [3.05, 3.63) is 12.2 Å². The molecule has 0 atom stereocenters. The van der Waals surface area contributed by atoms with Gasteiger partial charge in [-0.2, -0.15) is 4.21 Å². The van der Waals surface area contributed by atoms with Crippen molar-refractivity contribution in [1.82, 2.24) is 5.32 Å². The Bertz CT molecular complexity index is 203. The van der Waals surface area contributed by atoms with Crippen LogP contribution in [-0.4, -0.2) is 25.1 Å². The van der Waals surface area contributed by atoms with Crippen molar-refractivity contribution >= 4 is 23.2 Å². The van der Waals surface area contributed by atoms with Gasteiger partial charge in [0.25, 0.3) is 23.2 Å². The molecule has 7 heteroatoms. The van der Waals surface area contributed by atoms with Crippen LogP contribution in [0.15, 0.2) is 12.2 Å². The van der Waals surface area contributed by atoms with Crippen LogP contribution in [0.1, 0.15) is 0 Å². The van der Waals surface area contributed by atoms with Gasteiger partial charge in [0.15, 0.2) is 0 Å². The molecule has 3 N–H and O–H groups in total. The van der Waals surface area contributed by atoms with Crippen LogP contribution < -0.4 is 5.32 Å². The zero-order valence-corrected chi connectivity index (χ0v) is 6.00. The number of imide groups is 1. The van der Waals surface area contributed by atoms with Gasteiger partial charge in [-0.05, 0) is 0 Å². The highest BCUT2D eigenvalue weighted by Crippen LogP contribution is 1.82. The first kappa shape index (κ1) is 9.95. The summed E-state index contributed by atoms with van der Waals surface area (Å²) < 4.78 is 22.8. The first-order valence-corrected chi connectivity index (χ1v) is 3.41. The van der Waals surface area contributed by atoms with E-state index >= 15 is 0 Å². The van der Waals surface area contributed by atoms with E-state index in [1.807, 2.05) is 5.32 Å². The van der Waals surface area contributed by atoms with Crippen LogP contribution in [0.2, 0.25) is 0 Å². The molecule has 0 aliphatic carbocycles. The molecule has 0 aromatic heterocycles. The molecule has 0 saturated carbocycles. The fourth-order valence-corrected chi connectivity index (χ4v) is 0.356. The average molecular weight is 179 g/mol. The highest BCUT2D eigenvalue weighted by molar-refractivity contribution is 7.73. The van der Waals surface area contributed by atoms with E-state index in [1.165, 1.54) is 12.2 Å². The van der Waals surface area contributed by atoms with Crippen LogP contribution in [0.25, 0.3) is 0 Å². The fraction of sp³-hybridized carbons (Fsp3) is 0. The summed E-state index contributed by atoms with van der Waals surface area (Å²) in [5.74, 6) is -0.657. The third-order valence-corrected chi connectivity index (χ3v) is 0.632. The normalized spacial score (nSPS) is 14.5. The number of carbonyl (C=O) groups is 2. The molecule has 0 aromatic carbocycles. The van der Waals surface area contributed by atoms with Gasteiger partial charge in [-0.3, -0.25) is 24.0 Å². The first-order valence-electron chi connectivity index (χ1n) is 2.35. The molecular formula is C4H5NO5S. The van der Waals surface area contributed by atoms with Gasteiger partial charge in [0.2, 0.25) is 0 Å². The maximum atomic E-state index is 10.0. The van der Waals surface area contributed by atoms with E-state index in [4.69, 9.17) is 13.3 Å². The molecule has 0 aromatic rings. The minimum Gasteiger partial charge on any atom is -0.289 e. The lowest BCUT2D eigenvalue weighted by atomic mass is 10.6. The van der Waals surface area contributed by atoms with Gasteiger partial charge in [-0.25, -0.2) is 0 Å². The van der Waals surface area contributed by atoms with Gasteiger partial charge in [0.1, 0.15) is 0 Å². The molecule has 0 unspecified atom stereocenters. The van der Waals surface area contributed by atoms with Gasteiger partial charge in [0, 0.05) is 12.2 Å². The molecule has 1 rings (SSSR count). The van der Waals surface area contributed by atoms with Crippen LogP contribution in [0.3, 0.4) is 0 Å². The van der Waals surface area contributed by atoms with Crippen molar-refractivity contribution in [3.63, 3.8) is 0 Å². The summed E-state index contributed by atoms with van der Waals surface area (Å²) in [7, 11) is 0. The van der Waals surface area contributed by atoms with Crippen LogP contribution in [-0.2, 0) is 21.0 Å². The molecule has 0 fully saturated rings. The number of rotatable bonds is 0. The molecule has 1 aliphatic rings. The van der Waals surface area contributed by atoms with Crippen LogP contribution in [0, 0.1) is 0 Å². The lowest BCUT2D eigenvalue weighted by Gasteiger charge is -1.80. The van der Waals surface area contributed by atoms with E-state index in [2.05, 4.69) is 0 Å². The Hall–Kier alpha value is -1.05. The van der Waals surface area contributed by atoms with E-state index in [0.29, 0.717) is 0 Å². The molecule has 1 heterocycles. The Labute approximate surface area is 64.4 Å². The number of nitrogens with one attached hydrogen (secondary N) is 1. The molecule has 0 spiro atoms. The largest absolute Gasteiger partial charge is 0.299 e. The molecule has 2 amide bonds. The molecule has 0 bridgehead atoms. The highest BCUT2D eigenvalue weighted by Gasteiger charge is 2.06. The summed E-state index contributed by atoms with van der Waals surface area (Å²) in [5.41, 5.74) is 0. The predicted octanol–water partition coefficient (Wildman–Crippen LogP) is -1.12. The summed E-state index contributed by atoms with van der Waals surface area (Å²) >= 11 is -2.61. The predicted molar refractivity (Wildman–Crippen MR) is 35.7 cm³/mol. The summed E-state index contributed by atoms with van der Waals surface area (Å²) in [4.78, 5) is 20.1. The Kier molecular flexibility index (Phi) is 4.27. The summed E-state index contributed by atoms with van der Waals surface area (Å²) in [5, 5.41) is 2.03. The number of hydrogen-bond donors (Lipinski definition) is 3. The summed E-state index contributed by atoms with van der Waals surface area (Å²) in [6.45, 7) is 0. The van der Waals surface area contributed by atoms with Crippen molar-refractivity contribution in [3.8, 4) is 0 Å². The van der Waals surface area contributed by atoms with Gasteiger partial charge in [-0.15, -0.1) is 0 Å². The van der Waals surface area contributed by atoms with Crippen molar-refractivity contribution in [2.75, 3.05) is 0 Å². The second-order valence-electron chi connectivity index (χ2n) is 1.42. The van der Waals surface area contributed by atoms with Gasteiger partial charge in [0.05, 0.1) is 0 Å². The second kappa shape index (κ2) is 4.72. The minimum atomic E-state index is -2.61. The zero-order valence-electron chi connectivity index (χ0n) is 5.18. The van der Waals surface area contributed by atoms with Gasteiger partial charge in [-0.1, -0.05) is 0 Å². The maximum absolute atomic E-state index is 10.0. The number of carbonyl (C=O) groups excluding carboxylic acids is 2. The van der Waals surface area contributed by atoms with Gasteiger partial charge < -0.3 is 0 Å². The number of hydrogen-bond acceptors (Lipinski definition) is 3. The Morgan fingerprint density at radius 2 is 1.45 bits per heavy atom. The van der Waals surface area contributed by atoms with E-state index in [1.54, 1.807) is 0 Å². The standard InChI is InChI=1S/C4H3NO2.H2O3S/c6-3-1-2-4(7)5-3;1-4(2)3/h1-2H,(H,5,6,7);(H2,1,2,3). The molecule has 1 aliphatic heterocycles. The maximum Gasteiger partial charge on any atom is 0.299 e. The van der Waals surface area contributed by atoms with Gasteiger partial charge >= 0.3 is 0 Å². The summed E-state index contributed by atoms with van der Waals surface area (Å²) in [6, 6.07) is 0. The van der Waals surface area contributed by atoms with Crippen LogP contribution >= 0.6 is 0 Å². The zero-order chi connectivity index (χ0) is 8.85. The Morgan fingerprint density at radius 1 is 1.18 bits per heavy atom. The molecule has 0 radical (unpaired) electrons. The molecule has 62 valence electrons. The van der Waals surface area contributed by atoms with Crippen molar-refractivity contribution in [2.24, 2.45) is 0 Å². The van der Waals surface area contributed by atoms with Crippen molar-refractivity contribution in [1.29, 1.82) is 0 Å². The molecular weight excluding hydrogens is 174 g/mol. The average Bonchev–Trinajstić information content (AvgIpc) is 2.13. The van der Waals surface area contributed by atoms with E-state index in [9.17, 15) is 9.59 Å². The second-order valence-corrected chi connectivity index (χ2v) is 1.88. The van der Waals surface area contributed by atoms with Crippen molar-refractivity contribution < 1.29 is 22.9 Å². The monoisotopic (exact) mass is 179 g/mol. The summed E-state index contributed by atoms with van der Waals surface area (Å²) in [6.07, 6.45) is 2.39. The minimum absolute atomic E-state index is 0.329. The third-order valence-electron chi connectivity index (χ3n) is 0.632. The van der Waals surface area contributed by atoms with E-state index < -0.39 is 11.4 Å². The first-order chi connectivity index (χ1) is 5.02. The van der Waals surface area contributed by atoms with Crippen molar-refractivity contribution in [2.45, 2.75) is 0 Å². The quantitative estimate of drug-likeness (QED) is 0.323. The number of amides is 2.